The largest absolute Gasteiger partial charge is 0.470 e. The number of nitrogens with one attached hydrogen (secondary N) is 1. The Hall–Kier alpha value is -5.56. The molecule has 0 radical (unpaired) electrons. The van der Waals surface area contributed by atoms with E-state index in [0.29, 0.717) is 78.7 Å². The van der Waals surface area contributed by atoms with Crippen molar-refractivity contribution < 1.29 is 26.4 Å². The molecular formula is C32H22F2N6O4S. The Morgan fingerprint density at radius 3 is 2.58 bits per heavy atom. The highest BCUT2D eigenvalue weighted by Crippen LogP contribution is 2.45. The van der Waals surface area contributed by atoms with Crippen molar-refractivity contribution in [2.75, 3.05) is 17.6 Å². The fourth-order valence-corrected chi connectivity index (χ4v) is 6.26. The van der Waals surface area contributed by atoms with Gasteiger partial charge in [-0.2, -0.15) is 5.10 Å². The predicted molar refractivity (Wildman–Crippen MR) is 165 cm³/mol. The van der Waals surface area contributed by atoms with Gasteiger partial charge >= 0.3 is 0 Å². The van der Waals surface area contributed by atoms with Gasteiger partial charge in [0.05, 0.1) is 34.4 Å². The molecule has 1 aliphatic rings. The molecule has 0 saturated carbocycles. The number of benzene rings is 3. The first-order valence-electron chi connectivity index (χ1n) is 13.8. The molecule has 0 bridgehead atoms. The van der Waals surface area contributed by atoms with Gasteiger partial charge in [0.2, 0.25) is 10.0 Å². The van der Waals surface area contributed by atoms with E-state index in [9.17, 15) is 17.2 Å². The van der Waals surface area contributed by atoms with Gasteiger partial charge in [-0.15, -0.1) is 0 Å². The van der Waals surface area contributed by atoms with Crippen LogP contribution in [-0.2, 0) is 16.8 Å². The topological polar surface area (TPSA) is 119 Å². The number of hydrogen-bond donors (Lipinski definition) is 1. The molecule has 10 nitrogen and oxygen atoms in total. The Labute approximate surface area is 254 Å². The van der Waals surface area contributed by atoms with Crippen LogP contribution in [0, 0.1) is 11.6 Å². The number of anilines is 1. The summed E-state index contributed by atoms with van der Waals surface area (Å²) in [6.45, 7) is 0.187. The number of fused-ring (bicyclic) bond motifs is 6. The van der Waals surface area contributed by atoms with Crippen LogP contribution < -0.4 is 9.04 Å². The van der Waals surface area contributed by atoms with Gasteiger partial charge in [0, 0.05) is 35.0 Å². The van der Waals surface area contributed by atoms with Crippen LogP contribution in [0.1, 0.15) is 0 Å². The molecule has 4 aromatic heterocycles. The number of furan rings is 1. The standard InChI is InChI=1S/C32H22F2N6O4S/c1-39(45(2,41)42)25-14-28-21(29(32-35-15-36-38-32)31(44-28)17-6-8-18(33)9-7-17)12-20(25)23-10-11-27-30(37-23)26-13-19-22(34)4-3-5-24(19)40(26)16-43-27/h3-15H,16H2,1-2H3,(H,35,36,38). The Bertz CT molecular complexity index is 2400. The lowest BCUT2D eigenvalue weighted by molar-refractivity contribution is 0.234. The highest BCUT2D eigenvalue weighted by Gasteiger charge is 2.28. The molecule has 7 aromatic rings. The van der Waals surface area contributed by atoms with Crippen molar-refractivity contribution in [1.29, 1.82) is 0 Å². The van der Waals surface area contributed by atoms with E-state index in [1.54, 1.807) is 48.5 Å². The van der Waals surface area contributed by atoms with E-state index in [4.69, 9.17) is 14.1 Å². The van der Waals surface area contributed by atoms with Crippen LogP contribution in [-0.4, -0.2) is 46.5 Å². The highest BCUT2D eigenvalue weighted by atomic mass is 32.2. The number of nitrogens with zero attached hydrogens (tertiary/aromatic N) is 5. The second-order valence-corrected chi connectivity index (χ2v) is 12.7. The third-order valence-corrected chi connectivity index (χ3v) is 9.21. The van der Waals surface area contributed by atoms with Gasteiger partial charge in [-0.3, -0.25) is 9.40 Å². The normalized spacial score (nSPS) is 12.7. The predicted octanol–water partition coefficient (Wildman–Crippen LogP) is 6.59. The smallest absolute Gasteiger partial charge is 0.232 e. The molecular weight excluding hydrogens is 602 g/mol. The maximum Gasteiger partial charge on any atom is 0.232 e. The zero-order chi connectivity index (χ0) is 31.0. The summed E-state index contributed by atoms with van der Waals surface area (Å²) in [6, 6.07) is 19.3. The van der Waals surface area contributed by atoms with Crippen molar-refractivity contribution in [2.45, 2.75) is 6.73 Å². The minimum atomic E-state index is -3.72. The van der Waals surface area contributed by atoms with E-state index >= 15 is 0 Å². The minimum Gasteiger partial charge on any atom is -0.470 e. The number of aromatic amines is 1. The molecule has 13 heteroatoms. The van der Waals surface area contributed by atoms with Crippen LogP contribution in [0.5, 0.6) is 5.75 Å². The van der Waals surface area contributed by atoms with Gasteiger partial charge in [0.25, 0.3) is 0 Å². The van der Waals surface area contributed by atoms with E-state index in [1.165, 1.54) is 31.6 Å². The molecule has 8 rings (SSSR count). The Balaban J connectivity index is 1.40. The Morgan fingerprint density at radius 2 is 1.82 bits per heavy atom. The number of sulfonamides is 1. The van der Waals surface area contributed by atoms with E-state index in [2.05, 4.69) is 15.2 Å². The lowest BCUT2D eigenvalue weighted by Gasteiger charge is -2.23. The van der Waals surface area contributed by atoms with Gasteiger partial charge in [-0.25, -0.2) is 27.2 Å². The molecule has 5 heterocycles. The van der Waals surface area contributed by atoms with Crippen molar-refractivity contribution in [3.05, 3.63) is 90.8 Å². The average Bonchev–Trinajstić information content (AvgIpc) is 3.77. The minimum absolute atomic E-state index is 0.187. The number of pyridine rings is 1. The summed E-state index contributed by atoms with van der Waals surface area (Å²) in [5.41, 5.74) is 4.56. The fourth-order valence-electron chi connectivity index (χ4n) is 5.76. The fraction of sp³-hybridized carbons (Fsp3) is 0.0938. The number of ether oxygens (including phenoxy) is 1. The van der Waals surface area contributed by atoms with Crippen molar-refractivity contribution >= 4 is 37.6 Å². The summed E-state index contributed by atoms with van der Waals surface area (Å²) in [5.74, 6) is 0.552. The molecule has 45 heavy (non-hydrogen) atoms. The van der Waals surface area contributed by atoms with E-state index in [-0.39, 0.29) is 12.5 Å². The molecule has 224 valence electrons. The Kier molecular flexibility index (Phi) is 5.84. The molecule has 0 spiro atoms. The average molecular weight is 625 g/mol. The number of hydrogen-bond acceptors (Lipinski definition) is 7. The number of halogens is 2. The SMILES string of the molecule is CN(c1cc2oc(-c3ccc(F)cc3)c(-c3ncn[nH]3)c2cc1-c1ccc2c(n1)-c1cc3c(F)cccc3n1CO2)S(C)(=O)=O. The van der Waals surface area contributed by atoms with Crippen LogP contribution in [0.4, 0.5) is 14.5 Å². The first-order chi connectivity index (χ1) is 21.7. The zero-order valence-electron chi connectivity index (χ0n) is 23.7. The molecule has 0 saturated heterocycles. The summed E-state index contributed by atoms with van der Waals surface area (Å²) >= 11 is 0. The molecule has 0 unspecified atom stereocenters. The van der Waals surface area contributed by atoms with Crippen molar-refractivity contribution in [3.63, 3.8) is 0 Å². The van der Waals surface area contributed by atoms with Crippen LogP contribution in [0.15, 0.2) is 83.5 Å². The first-order valence-corrected chi connectivity index (χ1v) is 15.6. The quantitative estimate of drug-likeness (QED) is 0.229. The van der Waals surface area contributed by atoms with Gasteiger partial charge in [0.15, 0.2) is 12.6 Å². The maximum atomic E-state index is 14.7. The number of H-pyrrole nitrogens is 1. The van der Waals surface area contributed by atoms with Crippen LogP contribution in [0.2, 0.25) is 0 Å². The lowest BCUT2D eigenvalue weighted by Crippen LogP contribution is -2.25. The highest BCUT2D eigenvalue weighted by molar-refractivity contribution is 7.92. The number of rotatable bonds is 5. The summed E-state index contributed by atoms with van der Waals surface area (Å²) in [7, 11) is -2.28. The van der Waals surface area contributed by atoms with Gasteiger partial charge < -0.3 is 13.7 Å². The first kappa shape index (κ1) is 27.0. The van der Waals surface area contributed by atoms with Crippen LogP contribution in [0.3, 0.4) is 0 Å². The summed E-state index contributed by atoms with van der Waals surface area (Å²) in [5, 5.41) is 7.92. The molecule has 0 atom stereocenters. The molecule has 1 aliphatic heterocycles. The van der Waals surface area contributed by atoms with E-state index in [0.717, 1.165) is 10.6 Å². The van der Waals surface area contributed by atoms with Gasteiger partial charge in [-0.1, -0.05) is 6.07 Å². The van der Waals surface area contributed by atoms with Crippen molar-refractivity contribution in [3.8, 4) is 51.1 Å². The second-order valence-electron chi connectivity index (χ2n) is 10.7. The summed E-state index contributed by atoms with van der Waals surface area (Å²) in [4.78, 5) is 9.30. The molecule has 0 fully saturated rings. The zero-order valence-corrected chi connectivity index (χ0v) is 24.6. The van der Waals surface area contributed by atoms with Crippen LogP contribution >= 0.6 is 0 Å². The molecule has 1 N–H and O–H groups in total. The monoisotopic (exact) mass is 624 g/mol. The number of aromatic nitrogens is 5. The van der Waals surface area contributed by atoms with E-state index < -0.39 is 15.8 Å². The van der Waals surface area contributed by atoms with Crippen molar-refractivity contribution in [1.82, 2.24) is 24.7 Å². The third-order valence-electron chi connectivity index (χ3n) is 8.02. The molecule has 0 amide bonds. The molecule has 0 aliphatic carbocycles. The van der Waals surface area contributed by atoms with Crippen molar-refractivity contribution in [2.24, 2.45) is 0 Å². The molecule has 3 aromatic carbocycles. The van der Waals surface area contributed by atoms with Gasteiger partial charge in [0.1, 0.15) is 40.7 Å². The maximum absolute atomic E-state index is 14.7. The third kappa shape index (κ3) is 4.26. The van der Waals surface area contributed by atoms with Crippen LogP contribution in [0.25, 0.3) is 67.2 Å². The Morgan fingerprint density at radius 1 is 1.00 bits per heavy atom. The summed E-state index contributed by atoms with van der Waals surface area (Å²) in [6.07, 6.45) is 2.47. The summed E-state index contributed by atoms with van der Waals surface area (Å²) < 4.78 is 69.5. The second kappa shape index (κ2) is 9.72. The van der Waals surface area contributed by atoms with Gasteiger partial charge in [-0.05, 0) is 60.7 Å². The van der Waals surface area contributed by atoms with E-state index in [1.807, 2.05) is 10.6 Å². The lowest BCUT2D eigenvalue weighted by atomic mass is 10.0.